The third-order valence-electron chi connectivity index (χ3n) is 2.21. The van der Waals surface area contributed by atoms with Crippen LogP contribution in [0.3, 0.4) is 0 Å². The molecule has 2 heterocycles. The van der Waals surface area contributed by atoms with Gasteiger partial charge in [0.05, 0.1) is 15.5 Å². The zero-order chi connectivity index (χ0) is 12.4. The van der Waals surface area contributed by atoms with E-state index in [4.69, 9.17) is 0 Å². The molecular weight excluding hydrogens is 254 g/mol. The van der Waals surface area contributed by atoms with Gasteiger partial charge in [0.1, 0.15) is 0 Å². The van der Waals surface area contributed by atoms with Crippen LogP contribution in [-0.4, -0.2) is 16.1 Å². The van der Waals surface area contributed by atoms with Gasteiger partial charge in [0, 0.05) is 10.6 Å². The Kier molecular flexibility index (Phi) is 3.49. The van der Waals surface area contributed by atoms with Gasteiger partial charge in [0.15, 0.2) is 0 Å². The topological polar surface area (TPSA) is 50.2 Å². The van der Waals surface area contributed by atoms with E-state index in [1.807, 2.05) is 30.5 Å². The van der Waals surface area contributed by atoms with Crippen LogP contribution < -0.4 is 0 Å². The van der Waals surface area contributed by atoms with Crippen molar-refractivity contribution in [1.82, 2.24) is 4.98 Å². The van der Waals surface area contributed by atoms with Crippen molar-refractivity contribution in [2.24, 2.45) is 0 Å². The number of carboxylic acids is 1. The van der Waals surface area contributed by atoms with Gasteiger partial charge >= 0.3 is 5.97 Å². The summed E-state index contributed by atoms with van der Waals surface area (Å²) in [6.45, 7) is 3.60. The van der Waals surface area contributed by atoms with Crippen LogP contribution in [0.4, 0.5) is 0 Å². The molecule has 1 N–H and O–H groups in total. The molecule has 0 amide bonds. The highest BCUT2D eigenvalue weighted by atomic mass is 32.2. The minimum Gasteiger partial charge on any atom is -0.478 e. The lowest BCUT2D eigenvalue weighted by Crippen LogP contribution is -2.05. The highest BCUT2D eigenvalue weighted by Gasteiger charge is 2.16. The van der Waals surface area contributed by atoms with Gasteiger partial charge in [0.2, 0.25) is 0 Å². The normalized spacial score (nSPS) is 10.5. The average molecular weight is 265 g/mol. The van der Waals surface area contributed by atoms with Crippen molar-refractivity contribution < 1.29 is 9.90 Å². The molecule has 88 valence electrons. The minimum atomic E-state index is -0.922. The molecule has 0 saturated carbocycles. The van der Waals surface area contributed by atoms with Gasteiger partial charge in [-0.25, -0.2) is 4.79 Å². The number of pyridine rings is 1. The number of hydrogen-bond acceptors (Lipinski definition) is 4. The lowest BCUT2D eigenvalue weighted by atomic mass is 10.2. The monoisotopic (exact) mass is 265 g/mol. The standard InChI is InChI=1S/C12H11NO2S2/c1-7-6-9(17-10-4-3-5-16-10)11(12(14)15)8(2)13-7/h3-6H,1-2H3,(H,14,15). The van der Waals surface area contributed by atoms with Crippen molar-refractivity contribution in [2.75, 3.05) is 0 Å². The molecule has 0 unspecified atom stereocenters. The van der Waals surface area contributed by atoms with Crippen LogP contribution in [0.25, 0.3) is 0 Å². The molecule has 2 rings (SSSR count). The molecule has 2 aromatic heterocycles. The predicted molar refractivity (Wildman–Crippen MR) is 69.1 cm³/mol. The maximum Gasteiger partial charge on any atom is 0.338 e. The van der Waals surface area contributed by atoms with Crippen LogP contribution in [0.15, 0.2) is 32.7 Å². The van der Waals surface area contributed by atoms with Crippen LogP contribution in [0.2, 0.25) is 0 Å². The Morgan fingerprint density at radius 2 is 2.24 bits per heavy atom. The molecule has 0 aromatic carbocycles. The number of rotatable bonds is 3. The van der Waals surface area contributed by atoms with E-state index < -0.39 is 5.97 Å². The molecule has 0 radical (unpaired) electrons. The van der Waals surface area contributed by atoms with Gasteiger partial charge in [-0.1, -0.05) is 17.8 Å². The van der Waals surface area contributed by atoms with E-state index >= 15 is 0 Å². The molecule has 5 heteroatoms. The summed E-state index contributed by atoms with van der Waals surface area (Å²) in [6.07, 6.45) is 0. The number of aryl methyl sites for hydroxylation is 2. The first-order valence-electron chi connectivity index (χ1n) is 5.01. The molecule has 0 spiro atoms. The number of hydrogen-bond donors (Lipinski definition) is 1. The van der Waals surface area contributed by atoms with Crippen molar-refractivity contribution >= 4 is 29.1 Å². The highest BCUT2D eigenvalue weighted by molar-refractivity contribution is 8.01. The fraction of sp³-hybridized carbons (Fsp3) is 0.167. The van der Waals surface area contributed by atoms with Crippen LogP contribution in [0, 0.1) is 13.8 Å². The zero-order valence-corrected chi connectivity index (χ0v) is 11.1. The number of aromatic nitrogens is 1. The van der Waals surface area contributed by atoms with E-state index in [1.54, 1.807) is 18.3 Å². The van der Waals surface area contributed by atoms with E-state index in [9.17, 15) is 9.90 Å². The Bertz CT molecular complexity index is 550. The molecule has 0 atom stereocenters. The third-order valence-corrected chi connectivity index (χ3v) is 4.29. The second kappa shape index (κ2) is 4.89. The largest absolute Gasteiger partial charge is 0.478 e. The molecular formula is C12H11NO2S2. The second-order valence-corrected chi connectivity index (χ2v) is 5.85. The van der Waals surface area contributed by atoms with Crippen molar-refractivity contribution in [3.05, 3.63) is 40.5 Å². The van der Waals surface area contributed by atoms with Crippen molar-refractivity contribution in [1.29, 1.82) is 0 Å². The second-order valence-electron chi connectivity index (χ2n) is 3.56. The van der Waals surface area contributed by atoms with E-state index in [-0.39, 0.29) is 0 Å². The molecule has 0 bridgehead atoms. The van der Waals surface area contributed by atoms with Crippen molar-refractivity contribution in [3.8, 4) is 0 Å². The summed E-state index contributed by atoms with van der Waals surface area (Å²) < 4.78 is 1.08. The lowest BCUT2D eigenvalue weighted by Gasteiger charge is -2.08. The lowest BCUT2D eigenvalue weighted by molar-refractivity contribution is 0.0691. The summed E-state index contributed by atoms with van der Waals surface area (Å²) in [6, 6.07) is 5.75. The highest BCUT2D eigenvalue weighted by Crippen LogP contribution is 2.34. The Morgan fingerprint density at radius 1 is 1.47 bits per heavy atom. The van der Waals surface area contributed by atoms with Gasteiger partial charge in [-0.3, -0.25) is 4.98 Å². The van der Waals surface area contributed by atoms with Gasteiger partial charge in [-0.15, -0.1) is 11.3 Å². The zero-order valence-electron chi connectivity index (χ0n) is 9.43. The molecule has 0 aliphatic heterocycles. The number of carboxylic acid groups (broad SMARTS) is 1. The molecule has 0 saturated heterocycles. The first-order valence-corrected chi connectivity index (χ1v) is 6.70. The minimum absolute atomic E-state index is 0.300. The smallest absolute Gasteiger partial charge is 0.338 e. The summed E-state index contributed by atoms with van der Waals surface area (Å²) in [4.78, 5) is 16.2. The van der Waals surface area contributed by atoms with E-state index in [0.717, 1.165) is 14.8 Å². The average Bonchev–Trinajstić information content (AvgIpc) is 2.68. The van der Waals surface area contributed by atoms with Crippen LogP contribution in [-0.2, 0) is 0 Å². The first kappa shape index (κ1) is 12.1. The fourth-order valence-electron chi connectivity index (χ4n) is 1.56. The molecule has 17 heavy (non-hydrogen) atoms. The van der Waals surface area contributed by atoms with Crippen LogP contribution in [0.5, 0.6) is 0 Å². The van der Waals surface area contributed by atoms with Gasteiger partial charge < -0.3 is 5.11 Å². The molecule has 0 aliphatic carbocycles. The number of carbonyl (C=O) groups is 1. The van der Waals surface area contributed by atoms with E-state index in [2.05, 4.69) is 4.98 Å². The van der Waals surface area contributed by atoms with Gasteiger partial charge in [-0.05, 0) is 31.4 Å². The van der Waals surface area contributed by atoms with E-state index in [1.165, 1.54) is 11.8 Å². The summed E-state index contributed by atoms with van der Waals surface area (Å²) in [5, 5.41) is 11.2. The van der Waals surface area contributed by atoms with Gasteiger partial charge in [0.25, 0.3) is 0 Å². The first-order chi connectivity index (χ1) is 8.08. The Morgan fingerprint density at radius 3 is 2.82 bits per heavy atom. The molecule has 0 aliphatic rings. The number of thiophene rings is 1. The Balaban J connectivity index is 2.47. The van der Waals surface area contributed by atoms with Crippen molar-refractivity contribution in [3.63, 3.8) is 0 Å². The summed E-state index contributed by atoms with van der Waals surface area (Å²) in [7, 11) is 0. The summed E-state index contributed by atoms with van der Waals surface area (Å²) in [5.74, 6) is -0.922. The molecule has 3 nitrogen and oxygen atoms in total. The quantitative estimate of drug-likeness (QED) is 0.921. The van der Waals surface area contributed by atoms with E-state index in [0.29, 0.717) is 11.3 Å². The summed E-state index contributed by atoms with van der Waals surface area (Å²) in [5.41, 5.74) is 1.71. The summed E-state index contributed by atoms with van der Waals surface area (Å²) >= 11 is 3.07. The number of nitrogens with zero attached hydrogens (tertiary/aromatic N) is 1. The Labute approximate surface area is 108 Å². The molecule has 0 fully saturated rings. The van der Waals surface area contributed by atoms with Gasteiger partial charge in [-0.2, -0.15) is 0 Å². The maximum absolute atomic E-state index is 11.2. The van der Waals surface area contributed by atoms with Crippen molar-refractivity contribution in [2.45, 2.75) is 23.0 Å². The Hall–Kier alpha value is -1.33. The molecule has 2 aromatic rings. The van der Waals surface area contributed by atoms with Crippen LogP contribution in [0.1, 0.15) is 21.7 Å². The predicted octanol–water partition coefficient (Wildman–Crippen LogP) is 3.61. The SMILES string of the molecule is Cc1cc(Sc2cccs2)c(C(=O)O)c(C)n1. The third kappa shape index (κ3) is 2.68. The maximum atomic E-state index is 11.2. The fourth-order valence-corrected chi connectivity index (χ4v) is 3.57. The number of aromatic carboxylic acids is 1. The van der Waals surface area contributed by atoms with Crippen LogP contribution >= 0.6 is 23.1 Å².